The fourth-order valence-electron chi connectivity index (χ4n) is 4.72. The maximum atomic E-state index is 11.7. The van der Waals surface area contributed by atoms with Gasteiger partial charge in [0.2, 0.25) is 5.91 Å². The summed E-state index contributed by atoms with van der Waals surface area (Å²) >= 11 is 0. The van der Waals surface area contributed by atoms with Gasteiger partial charge in [0.1, 0.15) is 12.4 Å². The number of hydrogen-bond acceptors (Lipinski definition) is 4. The Morgan fingerprint density at radius 2 is 2.03 bits per heavy atom. The molecule has 0 spiro atoms. The smallest absolute Gasteiger partial charge is 0.225 e. The standard InChI is InChI=1S/C27H35N3O2/c1-18(2)11-20-5-8-24(29-13-20)17-32-25-9-10-26-19(3)22(7-6-21(26)12-25)14-30-15-23(16-30)27(31)28-4/h5,8-10,12-13,18,23H,6-7,11,14-17H2,1-4H3,(H,28,31). The van der Waals surface area contributed by atoms with Gasteiger partial charge in [0, 0.05) is 32.9 Å². The molecule has 0 atom stereocenters. The molecule has 0 radical (unpaired) electrons. The number of carbonyl (C=O) groups excluding carboxylic acids is 1. The Balaban J connectivity index is 1.34. The Labute approximate surface area is 191 Å². The van der Waals surface area contributed by atoms with Crippen molar-refractivity contribution in [2.45, 2.75) is 46.6 Å². The van der Waals surface area contributed by atoms with Crippen LogP contribution < -0.4 is 10.1 Å². The molecule has 1 fully saturated rings. The molecule has 2 aliphatic rings. The first-order valence-electron chi connectivity index (χ1n) is 11.8. The number of ether oxygens (including phenoxy) is 1. The van der Waals surface area contributed by atoms with Crippen LogP contribution in [0.4, 0.5) is 0 Å². The van der Waals surface area contributed by atoms with Gasteiger partial charge in [0.05, 0.1) is 11.6 Å². The van der Waals surface area contributed by atoms with E-state index in [2.05, 4.69) is 66.3 Å². The second-order valence-electron chi connectivity index (χ2n) is 9.60. The monoisotopic (exact) mass is 433 g/mol. The molecule has 0 bridgehead atoms. The number of pyridine rings is 1. The number of amides is 1. The summed E-state index contributed by atoms with van der Waals surface area (Å²) in [6.45, 7) is 9.86. The lowest BCUT2D eigenvalue weighted by atomic mass is 9.85. The van der Waals surface area contributed by atoms with Crippen molar-refractivity contribution < 1.29 is 9.53 Å². The van der Waals surface area contributed by atoms with Crippen LogP contribution >= 0.6 is 0 Å². The summed E-state index contributed by atoms with van der Waals surface area (Å²) in [5, 5.41) is 2.75. The van der Waals surface area contributed by atoms with E-state index in [4.69, 9.17) is 4.74 Å². The van der Waals surface area contributed by atoms with Gasteiger partial charge in [0.25, 0.3) is 0 Å². The van der Waals surface area contributed by atoms with Crippen molar-refractivity contribution in [1.82, 2.24) is 15.2 Å². The molecule has 1 aliphatic carbocycles. The summed E-state index contributed by atoms with van der Waals surface area (Å²) in [6, 6.07) is 10.7. The van der Waals surface area contributed by atoms with E-state index in [9.17, 15) is 4.79 Å². The van der Waals surface area contributed by atoms with Crippen LogP contribution in [0.25, 0.3) is 5.57 Å². The number of rotatable bonds is 8. The largest absolute Gasteiger partial charge is 0.487 e. The van der Waals surface area contributed by atoms with Crippen LogP contribution in [0.15, 0.2) is 42.1 Å². The molecule has 5 nitrogen and oxygen atoms in total. The van der Waals surface area contributed by atoms with Crippen LogP contribution in [0.1, 0.15) is 49.6 Å². The summed E-state index contributed by atoms with van der Waals surface area (Å²) in [6.07, 6.45) is 5.13. The van der Waals surface area contributed by atoms with Crippen molar-refractivity contribution >= 4 is 11.5 Å². The Morgan fingerprint density at radius 3 is 2.72 bits per heavy atom. The first-order chi connectivity index (χ1) is 15.4. The zero-order valence-corrected chi connectivity index (χ0v) is 19.8. The van der Waals surface area contributed by atoms with Crippen molar-refractivity contribution in [1.29, 1.82) is 0 Å². The van der Waals surface area contributed by atoms with Gasteiger partial charge in [-0.05, 0) is 72.6 Å². The highest BCUT2D eigenvalue weighted by Crippen LogP contribution is 2.34. The summed E-state index contributed by atoms with van der Waals surface area (Å²) in [5.41, 5.74) is 7.79. The number of benzene rings is 1. The Bertz CT molecular complexity index is 988. The summed E-state index contributed by atoms with van der Waals surface area (Å²) in [5.74, 6) is 1.86. The Hall–Kier alpha value is -2.66. The van der Waals surface area contributed by atoms with Crippen LogP contribution in [0.3, 0.4) is 0 Å². The van der Waals surface area contributed by atoms with Crippen molar-refractivity contribution in [3.05, 3.63) is 64.5 Å². The number of aromatic nitrogens is 1. The van der Waals surface area contributed by atoms with Crippen molar-refractivity contribution in [3.8, 4) is 5.75 Å². The van der Waals surface area contributed by atoms with Gasteiger partial charge < -0.3 is 10.1 Å². The molecule has 170 valence electrons. The van der Waals surface area contributed by atoms with Gasteiger partial charge in [-0.3, -0.25) is 14.7 Å². The lowest BCUT2D eigenvalue weighted by Crippen LogP contribution is -2.53. The van der Waals surface area contributed by atoms with Crippen LogP contribution in [0.5, 0.6) is 5.75 Å². The molecule has 2 heterocycles. The molecular formula is C27H35N3O2. The molecule has 1 aromatic heterocycles. The molecule has 1 aromatic carbocycles. The quantitative estimate of drug-likeness (QED) is 0.676. The third kappa shape index (κ3) is 5.21. The second-order valence-corrected chi connectivity index (χ2v) is 9.60. The van der Waals surface area contributed by atoms with E-state index < -0.39 is 0 Å². The minimum Gasteiger partial charge on any atom is -0.487 e. The molecule has 1 aliphatic heterocycles. The summed E-state index contributed by atoms with van der Waals surface area (Å²) in [4.78, 5) is 18.7. The summed E-state index contributed by atoms with van der Waals surface area (Å²) in [7, 11) is 1.72. The summed E-state index contributed by atoms with van der Waals surface area (Å²) < 4.78 is 6.05. The topological polar surface area (TPSA) is 54.5 Å². The highest BCUT2D eigenvalue weighted by atomic mass is 16.5. The van der Waals surface area contributed by atoms with Gasteiger partial charge in [0.15, 0.2) is 0 Å². The van der Waals surface area contributed by atoms with Crippen LogP contribution in [0.2, 0.25) is 0 Å². The van der Waals surface area contributed by atoms with Gasteiger partial charge in [-0.1, -0.05) is 31.6 Å². The molecular weight excluding hydrogens is 398 g/mol. The van der Waals surface area contributed by atoms with E-state index in [0.717, 1.165) is 50.3 Å². The maximum Gasteiger partial charge on any atom is 0.225 e. The van der Waals surface area contributed by atoms with E-state index in [-0.39, 0.29) is 11.8 Å². The van der Waals surface area contributed by atoms with Gasteiger partial charge in [-0.25, -0.2) is 0 Å². The van der Waals surface area contributed by atoms with Crippen molar-refractivity contribution in [2.75, 3.05) is 26.7 Å². The minimum atomic E-state index is 0.150. The van der Waals surface area contributed by atoms with E-state index >= 15 is 0 Å². The van der Waals surface area contributed by atoms with E-state index in [1.165, 1.54) is 27.8 Å². The fourth-order valence-corrected chi connectivity index (χ4v) is 4.72. The van der Waals surface area contributed by atoms with Crippen LogP contribution in [-0.4, -0.2) is 42.5 Å². The Kier molecular flexibility index (Phi) is 6.95. The molecule has 0 unspecified atom stereocenters. The first kappa shape index (κ1) is 22.5. The van der Waals surface area contributed by atoms with Gasteiger partial charge in [-0.2, -0.15) is 0 Å². The molecule has 5 heteroatoms. The SMILES string of the molecule is CNC(=O)C1CN(CC2=C(C)c3ccc(OCc4ccc(CC(C)C)cn4)cc3CC2)C1. The molecule has 1 N–H and O–H groups in total. The molecule has 0 saturated carbocycles. The second kappa shape index (κ2) is 9.86. The number of fused-ring (bicyclic) bond motifs is 1. The maximum absolute atomic E-state index is 11.7. The number of nitrogens with one attached hydrogen (secondary N) is 1. The molecule has 1 saturated heterocycles. The first-order valence-corrected chi connectivity index (χ1v) is 11.8. The molecule has 2 aromatic rings. The third-order valence-electron chi connectivity index (χ3n) is 6.61. The number of hydrogen-bond donors (Lipinski definition) is 1. The van der Waals surface area contributed by atoms with Crippen LogP contribution in [-0.2, 0) is 24.2 Å². The number of aryl methyl sites for hydroxylation is 1. The number of nitrogens with zero attached hydrogens (tertiary/aromatic N) is 2. The predicted octanol–water partition coefficient (Wildman–Crippen LogP) is 4.26. The highest BCUT2D eigenvalue weighted by molar-refractivity contribution is 5.79. The van der Waals surface area contributed by atoms with Crippen molar-refractivity contribution in [2.24, 2.45) is 11.8 Å². The van der Waals surface area contributed by atoms with Gasteiger partial charge in [-0.15, -0.1) is 0 Å². The number of carbonyl (C=O) groups is 1. The van der Waals surface area contributed by atoms with E-state index in [1.807, 2.05) is 6.20 Å². The lowest BCUT2D eigenvalue weighted by Gasteiger charge is -2.39. The molecule has 32 heavy (non-hydrogen) atoms. The third-order valence-corrected chi connectivity index (χ3v) is 6.61. The van der Waals surface area contributed by atoms with Crippen LogP contribution in [0, 0.1) is 11.8 Å². The molecule has 1 amide bonds. The average Bonchev–Trinajstić information content (AvgIpc) is 2.76. The number of allylic oxidation sites excluding steroid dienone is 1. The van der Waals surface area contributed by atoms with E-state index in [1.54, 1.807) is 7.05 Å². The predicted molar refractivity (Wildman–Crippen MR) is 128 cm³/mol. The Morgan fingerprint density at radius 1 is 1.22 bits per heavy atom. The zero-order chi connectivity index (χ0) is 22.7. The zero-order valence-electron chi connectivity index (χ0n) is 19.8. The van der Waals surface area contributed by atoms with Gasteiger partial charge >= 0.3 is 0 Å². The molecule has 4 rings (SSSR count). The normalized spacial score (nSPS) is 16.7. The highest BCUT2D eigenvalue weighted by Gasteiger charge is 2.32. The fraction of sp³-hybridized carbons (Fsp3) is 0.481. The number of likely N-dealkylation sites (tertiary alicyclic amines) is 1. The minimum absolute atomic E-state index is 0.150. The van der Waals surface area contributed by atoms with E-state index in [0.29, 0.717) is 12.5 Å². The van der Waals surface area contributed by atoms with Crippen molar-refractivity contribution in [3.63, 3.8) is 0 Å². The average molecular weight is 434 g/mol. The lowest BCUT2D eigenvalue weighted by molar-refractivity contribution is -0.129.